The van der Waals surface area contributed by atoms with Gasteiger partial charge in [0.1, 0.15) is 17.1 Å². The van der Waals surface area contributed by atoms with Crippen molar-refractivity contribution in [1.82, 2.24) is 5.32 Å². The molecule has 0 aliphatic carbocycles. The van der Waals surface area contributed by atoms with Crippen LogP contribution < -0.4 is 5.32 Å². The van der Waals surface area contributed by atoms with Gasteiger partial charge < -0.3 is 20.3 Å². The van der Waals surface area contributed by atoms with E-state index in [0.717, 1.165) is 25.9 Å². The molecule has 0 amide bonds. The van der Waals surface area contributed by atoms with Gasteiger partial charge in [0.05, 0.1) is 7.11 Å². The van der Waals surface area contributed by atoms with E-state index in [1.807, 2.05) is 0 Å². The first-order valence-corrected chi connectivity index (χ1v) is 5.98. The smallest absolute Gasteiger partial charge is 0.341 e. The van der Waals surface area contributed by atoms with Crippen molar-refractivity contribution < 1.29 is 19.7 Å². The van der Waals surface area contributed by atoms with E-state index in [9.17, 15) is 15.0 Å². The lowest BCUT2D eigenvalue weighted by Gasteiger charge is -2.24. The van der Waals surface area contributed by atoms with E-state index in [1.165, 1.54) is 19.2 Å². The summed E-state index contributed by atoms with van der Waals surface area (Å²) in [5.74, 6) is -0.609. The van der Waals surface area contributed by atoms with E-state index in [4.69, 9.17) is 0 Å². The summed E-state index contributed by atoms with van der Waals surface area (Å²) in [6, 6.07) is 2.75. The maximum absolute atomic E-state index is 11.5. The van der Waals surface area contributed by atoms with Crippen LogP contribution in [0.15, 0.2) is 12.1 Å². The van der Waals surface area contributed by atoms with Crippen LogP contribution in [0.2, 0.25) is 0 Å². The van der Waals surface area contributed by atoms with E-state index in [-0.39, 0.29) is 23.0 Å². The van der Waals surface area contributed by atoms with Crippen molar-refractivity contribution in [3.63, 3.8) is 0 Å². The summed E-state index contributed by atoms with van der Waals surface area (Å²) < 4.78 is 4.61. The molecular weight excluding hydrogens is 234 g/mol. The van der Waals surface area contributed by atoms with Gasteiger partial charge in [0.2, 0.25) is 0 Å². The number of esters is 1. The van der Waals surface area contributed by atoms with Gasteiger partial charge in [0.15, 0.2) is 0 Å². The van der Waals surface area contributed by atoms with Gasteiger partial charge in [-0.25, -0.2) is 4.79 Å². The Hall–Kier alpha value is -1.75. The van der Waals surface area contributed by atoms with Gasteiger partial charge in [0, 0.05) is 6.07 Å². The van der Waals surface area contributed by atoms with E-state index in [2.05, 4.69) is 10.1 Å². The van der Waals surface area contributed by atoms with Crippen molar-refractivity contribution in [2.75, 3.05) is 20.2 Å². The minimum absolute atomic E-state index is 0.0343. The predicted octanol–water partition coefficient (Wildman–Crippen LogP) is 1.35. The van der Waals surface area contributed by atoms with E-state index in [1.54, 1.807) is 0 Å². The van der Waals surface area contributed by atoms with Crippen LogP contribution in [-0.2, 0) is 4.74 Å². The van der Waals surface area contributed by atoms with Crippen molar-refractivity contribution in [3.05, 3.63) is 23.3 Å². The number of hydrogen-bond donors (Lipinski definition) is 3. The molecule has 0 spiro atoms. The number of hydrogen-bond acceptors (Lipinski definition) is 5. The molecule has 5 heteroatoms. The topological polar surface area (TPSA) is 78.8 Å². The summed E-state index contributed by atoms with van der Waals surface area (Å²) in [5.41, 5.74) is 0.804. The van der Waals surface area contributed by atoms with E-state index in [0.29, 0.717) is 5.56 Å². The average molecular weight is 251 g/mol. The van der Waals surface area contributed by atoms with Crippen LogP contribution in [-0.4, -0.2) is 36.4 Å². The van der Waals surface area contributed by atoms with Gasteiger partial charge >= 0.3 is 5.97 Å². The van der Waals surface area contributed by atoms with Crippen LogP contribution in [0.3, 0.4) is 0 Å². The summed E-state index contributed by atoms with van der Waals surface area (Å²) in [4.78, 5) is 11.5. The van der Waals surface area contributed by atoms with Crippen molar-refractivity contribution in [2.45, 2.75) is 18.8 Å². The Morgan fingerprint density at radius 3 is 2.56 bits per heavy atom. The van der Waals surface area contributed by atoms with Crippen molar-refractivity contribution in [3.8, 4) is 11.5 Å². The Morgan fingerprint density at radius 1 is 1.28 bits per heavy atom. The number of benzene rings is 1. The van der Waals surface area contributed by atoms with E-state index >= 15 is 0 Å². The molecule has 1 heterocycles. The maximum Gasteiger partial charge on any atom is 0.341 e. The highest BCUT2D eigenvalue weighted by atomic mass is 16.5. The molecule has 1 aromatic rings. The lowest BCUT2D eigenvalue weighted by Crippen LogP contribution is -2.26. The van der Waals surface area contributed by atoms with Crippen LogP contribution in [0, 0.1) is 0 Å². The SMILES string of the molecule is COC(=O)c1cc(C2CCNCC2)c(O)cc1O. The third-order valence-corrected chi connectivity index (χ3v) is 3.33. The second kappa shape index (κ2) is 5.27. The van der Waals surface area contributed by atoms with Crippen molar-refractivity contribution >= 4 is 5.97 Å². The molecule has 0 radical (unpaired) electrons. The zero-order valence-electron chi connectivity index (χ0n) is 10.3. The molecule has 0 atom stereocenters. The molecule has 1 fully saturated rings. The lowest BCUT2D eigenvalue weighted by atomic mass is 9.88. The Morgan fingerprint density at radius 2 is 1.94 bits per heavy atom. The number of nitrogens with one attached hydrogen (secondary N) is 1. The molecule has 0 aromatic heterocycles. The van der Waals surface area contributed by atoms with Crippen LogP contribution in [0.5, 0.6) is 11.5 Å². The molecule has 98 valence electrons. The summed E-state index contributed by atoms with van der Waals surface area (Å²) in [7, 11) is 1.26. The lowest BCUT2D eigenvalue weighted by molar-refractivity contribution is 0.0597. The minimum Gasteiger partial charge on any atom is -0.508 e. The van der Waals surface area contributed by atoms with Crippen LogP contribution >= 0.6 is 0 Å². The van der Waals surface area contributed by atoms with Gasteiger partial charge in [-0.15, -0.1) is 0 Å². The number of ether oxygens (including phenoxy) is 1. The third kappa shape index (κ3) is 2.41. The number of aromatic hydroxyl groups is 2. The van der Waals surface area contributed by atoms with Gasteiger partial charge in [-0.3, -0.25) is 0 Å². The molecule has 0 saturated carbocycles. The van der Waals surface area contributed by atoms with Crippen LogP contribution in [0.4, 0.5) is 0 Å². The highest BCUT2D eigenvalue weighted by molar-refractivity contribution is 5.93. The minimum atomic E-state index is -0.595. The Labute approximate surface area is 105 Å². The molecule has 18 heavy (non-hydrogen) atoms. The van der Waals surface area contributed by atoms with Gasteiger partial charge in [-0.1, -0.05) is 0 Å². The van der Waals surface area contributed by atoms with Gasteiger partial charge in [-0.05, 0) is 43.5 Å². The zero-order valence-corrected chi connectivity index (χ0v) is 10.3. The van der Waals surface area contributed by atoms with E-state index < -0.39 is 5.97 Å². The number of carbonyl (C=O) groups is 1. The zero-order chi connectivity index (χ0) is 13.1. The summed E-state index contributed by atoms with van der Waals surface area (Å²) in [5, 5.41) is 22.8. The monoisotopic (exact) mass is 251 g/mol. The second-order valence-electron chi connectivity index (χ2n) is 4.44. The fourth-order valence-corrected chi connectivity index (χ4v) is 2.33. The van der Waals surface area contributed by atoms with Gasteiger partial charge in [0.25, 0.3) is 0 Å². The third-order valence-electron chi connectivity index (χ3n) is 3.33. The summed E-state index contributed by atoms with van der Waals surface area (Å²) >= 11 is 0. The Bertz CT molecular complexity index is 453. The Kier molecular flexibility index (Phi) is 3.72. The molecule has 1 aromatic carbocycles. The normalized spacial score (nSPS) is 16.5. The highest BCUT2D eigenvalue weighted by Gasteiger charge is 2.22. The first-order chi connectivity index (χ1) is 8.63. The molecule has 3 N–H and O–H groups in total. The number of piperidine rings is 1. The fourth-order valence-electron chi connectivity index (χ4n) is 2.33. The second-order valence-corrected chi connectivity index (χ2v) is 4.44. The number of rotatable bonds is 2. The molecule has 0 bridgehead atoms. The van der Waals surface area contributed by atoms with Crippen LogP contribution in [0.25, 0.3) is 0 Å². The first kappa shape index (κ1) is 12.7. The molecule has 0 unspecified atom stereocenters. The molecule has 5 nitrogen and oxygen atoms in total. The largest absolute Gasteiger partial charge is 0.508 e. The molecule has 2 rings (SSSR count). The first-order valence-electron chi connectivity index (χ1n) is 5.98. The molecule has 1 saturated heterocycles. The number of methoxy groups -OCH3 is 1. The highest BCUT2D eigenvalue weighted by Crippen LogP contribution is 2.36. The summed E-state index contributed by atoms with van der Waals surface area (Å²) in [6.07, 6.45) is 1.80. The Balaban J connectivity index is 2.37. The van der Waals surface area contributed by atoms with Crippen molar-refractivity contribution in [2.24, 2.45) is 0 Å². The molecule has 1 aliphatic rings. The maximum atomic E-state index is 11.5. The number of carbonyl (C=O) groups excluding carboxylic acids is 1. The molecule has 1 aliphatic heterocycles. The van der Waals surface area contributed by atoms with Gasteiger partial charge in [-0.2, -0.15) is 0 Å². The number of phenols is 2. The quantitative estimate of drug-likeness (QED) is 0.691. The standard InChI is InChI=1S/C13H17NO4/c1-18-13(17)10-6-9(11(15)7-12(10)16)8-2-4-14-5-3-8/h6-8,14-16H,2-5H2,1H3. The molecular formula is C13H17NO4. The predicted molar refractivity (Wildman–Crippen MR) is 66.0 cm³/mol. The fraction of sp³-hybridized carbons (Fsp3) is 0.462. The average Bonchev–Trinajstić information content (AvgIpc) is 2.39. The summed E-state index contributed by atoms with van der Waals surface area (Å²) in [6.45, 7) is 1.77. The van der Waals surface area contributed by atoms with Crippen LogP contribution in [0.1, 0.15) is 34.7 Å². The van der Waals surface area contributed by atoms with Crippen molar-refractivity contribution in [1.29, 1.82) is 0 Å². The number of phenolic OH excluding ortho intramolecular Hbond substituents is 2.